The van der Waals surface area contributed by atoms with Crippen LogP contribution in [0.2, 0.25) is 0 Å². The van der Waals surface area contributed by atoms with Crippen molar-refractivity contribution in [3.05, 3.63) is 29.8 Å². The van der Waals surface area contributed by atoms with Crippen LogP contribution in [-0.2, 0) is 17.6 Å². The van der Waals surface area contributed by atoms with Crippen molar-refractivity contribution in [1.82, 2.24) is 4.90 Å². The van der Waals surface area contributed by atoms with E-state index in [-0.39, 0.29) is 18.9 Å². The maximum atomic E-state index is 10.8. The summed E-state index contributed by atoms with van der Waals surface area (Å²) < 4.78 is 19.7. The summed E-state index contributed by atoms with van der Waals surface area (Å²) >= 11 is -1.86. The normalized spacial score (nSPS) is 18.4. The van der Waals surface area contributed by atoms with E-state index in [1.54, 1.807) is 12.1 Å². The Bertz CT molecular complexity index is 363. The Morgan fingerprint density at radius 2 is 1.71 bits per heavy atom. The van der Waals surface area contributed by atoms with Crippen molar-refractivity contribution in [1.29, 1.82) is 0 Å². The van der Waals surface area contributed by atoms with E-state index in [9.17, 15) is 4.21 Å². The van der Waals surface area contributed by atoms with E-state index in [0.29, 0.717) is 4.90 Å². The van der Waals surface area contributed by atoms with Crippen LogP contribution in [0, 0.1) is 0 Å². The average Bonchev–Trinajstić information content (AvgIpc) is 2.31. The van der Waals surface area contributed by atoms with Crippen LogP contribution in [-0.4, -0.2) is 45.6 Å². The summed E-state index contributed by atoms with van der Waals surface area (Å²) in [5, 5.41) is 0. The van der Waals surface area contributed by atoms with Gasteiger partial charge in [-0.05, 0) is 43.6 Å². The molecule has 1 aromatic carbocycles. The van der Waals surface area contributed by atoms with E-state index in [4.69, 9.17) is 4.55 Å². The quantitative estimate of drug-likeness (QED) is 0.651. The van der Waals surface area contributed by atoms with Gasteiger partial charge in [-0.25, -0.2) is 4.21 Å². The van der Waals surface area contributed by atoms with Crippen molar-refractivity contribution in [2.75, 3.05) is 13.1 Å². The number of likely N-dealkylation sites (tertiary alicyclic amines) is 1. The third-order valence-electron chi connectivity index (χ3n) is 2.98. The van der Waals surface area contributed by atoms with Crippen LogP contribution in [0.15, 0.2) is 29.2 Å². The Morgan fingerprint density at radius 3 is 2.24 bits per heavy atom. The zero-order valence-corrected chi connectivity index (χ0v) is 10.1. The Hall–Kier alpha value is -0.113. The van der Waals surface area contributed by atoms with Gasteiger partial charge in [-0.15, -0.1) is 0 Å². The summed E-state index contributed by atoms with van der Waals surface area (Å²) in [6.45, 7) is 3.31. The molecule has 1 heterocycles. The van der Waals surface area contributed by atoms with Gasteiger partial charge in [0, 0.05) is 6.54 Å². The molecule has 1 unspecified atom stereocenters. The van der Waals surface area contributed by atoms with Crippen LogP contribution in [0.3, 0.4) is 0 Å². The number of rotatable bonds is 3. The van der Waals surface area contributed by atoms with Crippen molar-refractivity contribution in [3.8, 4) is 0 Å². The molecule has 1 fully saturated rings. The summed E-state index contributed by atoms with van der Waals surface area (Å²) in [7, 11) is 0. The van der Waals surface area contributed by atoms with Crippen LogP contribution in [0.25, 0.3) is 0 Å². The van der Waals surface area contributed by atoms with Crippen LogP contribution in [0.5, 0.6) is 0 Å². The molecule has 3 nitrogen and oxygen atoms in total. The van der Waals surface area contributed by atoms with Crippen LogP contribution in [0.4, 0.5) is 0 Å². The summed E-state index contributed by atoms with van der Waals surface area (Å²) in [6, 6.07) is 7.35. The predicted molar refractivity (Wildman–Crippen MR) is 71.8 cm³/mol. The zero-order chi connectivity index (χ0) is 11.4. The zero-order valence-electron chi connectivity index (χ0n) is 9.26. The van der Waals surface area contributed by atoms with Crippen molar-refractivity contribution < 1.29 is 8.76 Å². The molecule has 1 aromatic rings. The van der Waals surface area contributed by atoms with Crippen LogP contribution < -0.4 is 0 Å². The monoisotopic (exact) mass is 247 g/mol. The van der Waals surface area contributed by atoms with Gasteiger partial charge in [0.25, 0.3) is 0 Å². The average molecular weight is 247 g/mol. The molecule has 1 aliphatic rings. The summed E-state index contributed by atoms with van der Waals surface area (Å²) in [5.41, 5.74) is 1.22. The third kappa shape index (κ3) is 4.57. The van der Waals surface area contributed by atoms with Gasteiger partial charge in [0.1, 0.15) is 0 Å². The number of benzene rings is 1. The van der Waals surface area contributed by atoms with Gasteiger partial charge in [0.05, 0.1) is 4.90 Å². The Balaban J connectivity index is 0.00000144. The van der Waals surface area contributed by atoms with Crippen LogP contribution in [0.1, 0.15) is 24.8 Å². The van der Waals surface area contributed by atoms with Crippen molar-refractivity contribution >= 4 is 29.9 Å². The molecule has 0 aliphatic carbocycles. The van der Waals surface area contributed by atoms with E-state index in [1.807, 2.05) is 12.1 Å². The third-order valence-corrected chi connectivity index (χ3v) is 3.66. The fourth-order valence-electron chi connectivity index (χ4n) is 2.09. The van der Waals surface area contributed by atoms with E-state index in [2.05, 4.69) is 4.90 Å². The molecular weight excluding hydrogens is 229 g/mol. The second-order valence-corrected chi connectivity index (χ2v) is 5.20. The van der Waals surface area contributed by atoms with Crippen molar-refractivity contribution in [2.45, 2.75) is 30.7 Å². The molecule has 90 valence electrons. The molecule has 0 saturated carbocycles. The minimum absolute atomic E-state index is 0. The standard InChI is InChI=1S/C12H17NO2S.Li.H/c14-16(15)12-6-4-11(5-7-12)10-13-8-2-1-3-9-13;;/h4-7H,1-3,8-10H2,(H,14,15);;. The van der Waals surface area contributed by atoms with Gasteiger partial charge < -0.3 is 4.55 Å². The van der Waals surface area contributed by atoms with E-state index in [0.717, 1.165) is 6.54 Å². The molecule has 0 radical (unpaired) electrons. The topological polar surface area (TPSA) is 40.5 Å². The molecular formula is C12H18LiNO2S. The first kappa shape index (κ1) is 14.9. The first-order valence-electron chi connectivity index (χ1n) is 5.68. The first-order valence-corrected chi connectivity index (χ1v) is 6.78. The van der Waals surface area contributed by atoms with Gasteiger partial charge in [-0.2, -0.15) is 0 Å². The van der Waals surface area contributed by atoms with Crippen molar-refractivity contribution in [3.63, 3.8) is 0 Å². The fourth-order valence-corrected chi connectivity index (χ4v) is 2.46. The van der Waals surface area contributed by atoms with Crippen LogP contribution >= 0.6 is 0 Å². The fraction of sp³-hybridized carbons (Fsp3) is 0.500. The number of nitrogens with zero attached hydrogens (tertiary/aromatic N) is 1. The molecule has 1 saturated heterocycles. The minimum atomic E-state index is -1.86. The first-order chi connectivity index (χ1) is 7.75. The molecule has 0 bridgehead atoms. The molecule has 1 N–H and O–H groups in total. The molecule has 0 amide bonds. The maximum absolute atomic E-state index is 10.8. The Morgan fingerprint density at radius 1 is 1.12 bits per heavy atom. The molecule has 5 heteroatoms. The SMILES string of the molecule is O=S(O)c1ccc(CN2CCCCC2)cc1.[LiH]. The second-order valence-electron chi connectivity index (χ2n) is 4.23. The number of hydrogen-bond acceptors (Lipinski definition) is 2. The molecule has 1 atom stereocenters. The number of hydrogen-bond donors (Lipinski definition) is 1. The van der Waals surface area contributed by atoms with E-state index >= 15 is 0 Å². The summed E-state index contributed by atoms with van der Waals surface area (Å²) in [5.74, 6) is 0. The summed E-state index contributed by atoms with van der Waals surface area (Å²) in [6.07, 6.45) is 3.93. The predicted octanol–water partition coefficient (Wildman–Crippen LogP) is 1.60. The van der Waals surface area contributed by atoms with Gasteiger partial charge >= 0.3 is 18.9 Å². The Labute approximate surface area is 117 Å². The summed E-state index contributed by atoms with van der Waals surface area (Å²) in [4.78, 5) is 2.91. The second kappa shape index (κ2) is 7.35. The number of piperidine rings is 1. The van der Waals surface area contributed by atoms with Gasteiger partial charge in [0.2, 0.25) is 0 Å². The molecule has 1 aliphatic heterocycles. The van der Waals surface area contributed by atoms with Crippen molar-refractivity contribution in [2.24, 2.45) is 0 Å². The Kier molecular flexibility index (Phi) is 6.46. The molecule has 0 aromatic heterocycles. The van der Waals surface area contributed by atoms with Gasteiger partial charge in [0.15, 0.2) is 11.1 Å². The molecule has 2 rings (SSSR count). The molecule has 17 heavy (non-hydrogen) atoms. The van der Waals surface area contributed by atoms with Gasteiger partial charge in [-0.1, -0.05) is 18.6 Å². The van der Waals surface area contributed by atoms with E-state index < -0.39 is 11.1 Å². The van der Waals surface area contributed by atoms with E-state index in [1.165, 1.54) is 37.9 Å². The van der Waals surface area contributed by atoms with Gasteiger partial charge in [-0.3, -0.25) is 4.90 Å². The molecule has 0 spiro atoms.